The van der Waals surface area contributed by atoms with Crippen molar-refractivity contribution in [1.29, 1.82) is 0 Å². The summed E-state index contributed by atoms with van der Waals surface area (Å²) < 4.78 is 0. The zero-order valence-corrected chi connectivity index (χ0v) is 13.9. The van der Waals surface area contributed by atoms with Gasteiger partial charge in [0.15, 0.2) is 0 Å². The molecule has 2 fully saturated rings. The summed E-state index contributed by atoms with van der Waals surface area (Å²) in [5.41, 5.74) is 6.02. The first-order chi connectivity index (χ1) is 9.63. The van der Waals surface area contributed by atoms with Gasteiger partial charge in [-0.1, -0.05) is 12.8 Å². The van der Waals surface area contributed by atoms with Crippen LogP contribution >= 0.6 is 0 Å². The van der Waals surface area contributed by atoms with Gasteiger partial charge in [0.25, 0.3) is 0 Å². The Bertz CT molecular complexity index is 279. The number of likely N-dealkylation sites (tertiary alicyclic amines) is 1. The van der Waals surface area contributed by atoms with Crippen LogP contribution in [0.3, 0.4) is 0 Å². The molecule has 1 heterocycles. The molecule has 2 N–H and O–H groups in total. The van der Waals surface area contributed by atoms with Gasteiger partial charge < -0.3 is 15.5 Å². The predicted molar refractivity (Wildman–Crippen MR) is 86.9 cm³/mol. The number of hydrogen-bond donors (Lipinski definition) is 1. The molecule has 0 aromatic rings. The van der Waals surface area contributed by atoms with E-state index in [-0.39, 0.29) is 0 Å². The molecule has 0 amide bonds. The van der Waals surface area contributed by atoms with Gasteiger partial charge in [-0.15, -0.1) is 0 Å². The molecule has 3 unspecified atom stereocenters. The molecule has 1 saturated heterocycles. The molecule has 0 bridgehead atoms. The maximum absolute atomic E-state index is 6.02. The maximum atomic E-state index is 6.02. The average Bonchev–Trinajstić information content (AvgIpc) is 2.72. The SMILES string of the molecule is CC(C)N1CCCC(N(C)C2CCCCC2CN)CC1. The lowest BCUT2D eigenvalue weighted by Crippen LogP contribution is -2.48. The minimum absolute atomic E-state index is 0.700. The zero-order valence-electron chi connectivity index (χ0n) is 13.9. The molecular formula is C17H35N3. The van der Waals surface area contributed by atoms with Crippen LogP contribution in [0.5, 0.6) is 0 Å². The van der Waals surface area contributed by atoms with Crippen molar-refractivity contribution in [2.75, 3.05) is 26.7 Å². The van der Waals surface area contributed by atoms with Crippen LogP contribution in [0, 0.1) is 5.92 Å². The fraction of sp³-hybridized carbons (Fsp3) is 1.00. The van der Waals surface area contributed by atoms with E-state index in [0.717, 1.165) is 24.5 Å². The van der Waals surface area contributed by atoms with Crippen LogP contribution < -0.4 is 5.73 Å². The topological polar surface area (TPSA) is 32.5 Å². The van der Waals surface area contributed by atoms with Crippen LogP contribution in [0.1, 0.15) is 58.8 Å². The van der Waals surface area contributed by atoms with Gasteiger partial charge in [0.2, 0.25) is 0 Å². The van der Waals surface area contributed by atoms with Crippen molar-refractivity contribution in [2.24, 2.45) is 11.7 Å². The molecule has 1 saturated carbocycles. The predicted octanol–water partition coefficient (Wildman–Crippen LogP) is 2.70. The molecule has 1 aliphatic carbocycles. The molecule has 2 rings (SSSR count). The van der Waals surface area contributed by atoms with Gasteiger partial charge in [0.1, 0.15) is 0 Å². The monoisotopic (exact) mass is 281 g/mol. The summed E-state index contributed by atoms with van der Waals surface area (Å²) >= 11 is 0. The maximum Gasteiger partial charge on any atom is 0.0135 e. The minimum Gasteiger partial charge on any atom is -0.330 e. The Labute approximate surface area is 125 Å². The Morgan fingerprint density at radius 1 is 1.05 bits per heavy atom. The minimum atomic E-state index is 0.700. The Balaban J connectivity index is 1.92. The smallest absolute Gasteiger partial charge is 0.0135 e. The van der Waals surface area contributed by atoms with Crippen molar-refractivity contribution >= 4 is 0 Å². The van der Waals surface area contributed by atoms with E-state index in [2.05, 4.69) is 30.7 Å². The molecular weight excluding hydrogens is 246 g/mol. The first-order valence-electron chi connectivity index (χ1n) is 8.79. The van der Waals surface area contributed by atoms with Crippen LogP contribution in [-0.4, -0.2) is 54.6 Å². The highest BCUT2D eigenvalue weighted by Crippen LogP contribution is 2.30. The first kappa shape index (κ1) is 16.3. The second-order valence-corrected chi connectivity index (χ2v) is 7.23. The lowest BCUT2D eigenvalue weighted by Gasteiger charge is -2.41. The first-order valence-corrected chi connectivity index (χ1v) is 8.79. The zero-order chi connectivity index (χ0) is 14.5. The van der Waals surface area contributed by atoms with Crippen molar-refractivity contribution in [3.8, 4) is 0 Å². The third kappa shape index (κ3) is 3.96. The van der Waals surface area contributed by atoms with Crippen molar-refractivity contribution in [3.05, 3.63) is 0 Å². The second kappa shape index (κ2) is 7.77. The summed E-state index contributed by atoms with van der Waals surface area (Å²) in [6.45, 7) is 8.09. The van der Waals surface area contributed by atoms with Crippen LogP contribution in [0.2, 0.25) is 0 Å². The van der Waals surface area contributed by atoms with Gasteiger partial charge in [-0.3, -0.25) is 0 Å². The summed E-state index contributed by atoms with van der Waals surface area (Å²) in [6.07, 6.45) is 9.55. The van der Waals surface area contributed by atoms with Crippen molar-refractivity contribution < 1.29 is 0 Å². The Morgan fingerprint density at radius 2 is 1.80 bits per heavy atom. The molecule has 0 radical (unpaired) electrons. The highest BCUT2D eigenvalue weighted by atomic mass is 15.2. The van der Waals surface area contributed by atoms with Gasteiger partial charge in [-0.25, -0.2) is 0 Å². The van der Waals surface area contributed by atoms with E-state index in [1.165, 1.54) is 58.0 Å². The third-order valence-electron chi connectivity index (χ3n) is 5.73. The lowest BCUT2D eigenvalue weighted by atomic mass is 9.83. The van der Waals surface area contributed by atoms with E-state index in [0.29, 0.717) is 6.04 Å². The van der Waals surface area contributed by atoms with E-state index in [1.807, 2.05) is 0 Å². The molecule has 0 spiro atoms. The standard InChI is InChI=1S/C17H35N3/c1-14(2)20-11-6-8-16(10-12-20)19(3)17-9-5-4-7-15(17)13-18/h14-17H,4-13,18H2,1-3H3. The molecule has 3 atom stereocenters. The summed E-state index contributed by atoms with van der Waals surface area (Å²) in [6, 6.07) is 2.21. The fourth-order valence-corrected chi connectivity index (χ4v) is 4.29. The molecule has 0 aromatic heterocycles. The normalized spacial score (nSPS) is 33.6. The van der Waals surface area contributed by atoms with Crippen LogP contribution in [0.15, 0.2) is 0 Å². The molecule has 1 aliphatic heterocycles. The average molecular weight is 281 g/mol. The molecule has 0 aromatic carbocycles. The quantitative estimate of drug-likeness (QED) is 0.860. The molecule has 3 nitrogen and oxygen atoms in total. The molecule has 118 valence electrons. The van der Waals surface area contributed by atoms with E-state index < -0.39 is 0 Å². The van der Waals surface area contributed by atoms with Gasteiger partial charge in [-0.2, -0.15) is 0 Å². The number of hydrogen-bond acceptors (Lipinski definition) is 3. The molecule has 20 heavy (non-hydrogen) atoms. The van der Waals surface area contributed by atoms with Crippen molar-refractivity contribution in [1.82, 2.24) is 9.80 Å². The van der Waals surface area contributed by atoms with E-state index >= 15 is 0 Å². The van der Waals surface area contributed by atoms with Gasteiger partial charge >= 0.3 is 0 Å². The summed E-state index contributed by atoms with van der Waals surface area (Å²) in [5, 5.41) is 0. The third-order valence-corrected chi connectivity index (χ3v) is 5.73. The number of rotatable bonds is 4. The molecule has 2 aliphatic rings. The Morgan fingerprint density at radius 3 is 2.50 bits per heavy atom. The fourth-order valence-electron chi connectivity index (χ4n) is 4.29. The largest absolute Gasteiger partial charge is 0.330 e. The van der Waals surface area contributed by atoms with Crippen LogP contribution in [-0.2, 0) is 0 Å². The van der Waals surface area contributed by atoms with Gasteiger partial charge in [0, 0.05) is 18.1 Å². The second-order valence-electron chi connectivity index (χ2n) is 7.23. The van der Waals surface area contributed by atoms with E-state index in [4.69, 9.17) is 5.73 Å². The highest BCUT2D eigenvalue weighted by Gasteiger charge is 2.31. The van der Waals surface area contributed by atoms with Gasteiger partial charge in [0.05, 0.1) is 0 Å². The summed E-state index contributed by atoms with van der Waals surface area (Å²) in [5.74, 6) is 0.734. The summed E-state index contributed by atoms with van der Waals surface area (Å²) in [4.78, 5) is 5.36. The van der Waals surface area contributed by atoms with Crippen molar-refractivity contribution in [3.63, 3.8) is 0 Å². The number of nitrogens with two attached hydrogens (primary N) is 1. The molecule has 3 heteroatoms. The van der Waals surface area contributed by atoms with Crippen molar-refractivity contribution in [2.45, 2.75) is 76.9 Å². The van der Waals surface area contributed by atoms with E-state index in [1.54, 1.807) is 0 Å². The Hall–Kier alpha value is -0.120. The lowest BCUT2D eigenvalue weighted by molar-refractivity contribution is 0.0837. The highest BCUT2D eigenvalue weighted by molar-refractivity contribution is 4.87. The van der Waals surface area contributed by atoms with Gasteiger partial charge in [-0.05, 0) is 78.6 Å². The summed E-state index contributed by atoms with van der Waals surface area (Å²) in [7, 11) is 2.37. The number of nitrogens with zero attached hydrogens (tertiary/aromatic N) is 2. The Kier molecular flexibility index (Phi) is 6.31. The van der Waals surface area contributed by atoms with Crippen LogP contribution in [0.4, 0.5) is 0 Å². The van der Waals surface area contributed by atoms with Crippen LogP contribution in [0.25, 0.3) is 0 Å². The van der Waals surface area contributed by atoms with E-state index in [9.17, 15) is 0 Å².